The average molecular weight is 422 g/mol. The fourth-order valence-electron chi connectivity index (χ4n) is 3.05. The van der Waals surface area contributed by atoms with Gasteiger partial charge in [-0.15, -0.1) is 0 Å². The van der Waals surface area contributed by atoms with Crippen molar-refractivity contribution >= 4 is 27.3 Å². The SMILES string of the molecule is CC1(C)C(=N)N[C@](C)(c2cc(NC(=O)c3ccc(F)cn3)ccc2F)CS1(=O)=O. The minimum Gasteiger partial charge on any atom is -0.362 e. The Hall–Kier alpha value is -2.88. The molecule has 3 N–H and O–H groups in total. The zero-order valence-electron chi connectivity index (χ0n) is 16.0. The van der Waals surface area contributed by atoms with E-state index >= 15 is 0 Å². The zero-order chi connectivity index (χ0) is 21.6. The highest BCUT2D eigenvalue weighted by atomic mass is 32.2. The molecule has 2 heterocycles. The lowest BCUT2D eigenvalue weighted by Gasteiger charge is -2.43. The molecule has 1 amide bonds. The Morgan fingerprint density at radius 2 is 1.90 bits per heavy atom. The van der Waals surface area contributed by atoms with Crippen molar-refractivity contribution in [3.63, 3.8) is 0 Å². The molecule has 1 aliphatic heterocycles. The molecular weight excluding hydrogens is 402 g/mol. The van der Waals surface area contributed by atoms with Gasteiger partial charge in [-0.3, -0.25) is 10.2 Å². The molecule has 0 bridgehead atoms. The van der Waals surface area contributed by atoms with Crippen LogP contribution in [0.25, 0.3) is 0 Å². The van der Waals surface area contributed by atoms with Crippen molar-refractivity contribution in [2.24, 2.45) is 0 Å². The zero-order valence-corrected chi connectivity index (χ0v) is 16.8. The van der Waals surface area contributed by atoms with Crippen LogP contribution >= 0.6 is 0 Å². The second-order valence-electron chi connectivity index (χ2n) is 7.61. The van der Waals surface area contributed by atoms with Crippen molar-refractivity contribution in [3.05, 3.63) is 59.4 Å². The number of amides is 1. The van der Waals surface area contributed by atoms with Gasteiger partial charge in [0.2, 0.25) is 0 Å². The molecule has 3 rings (SSSR count). The number of anilines is 1. The van der Waals surface area contributed by atoms with Crippen LogP contribution in [0.1, 0.15) is 36.8 Å². The van der Waals surface area contributed by atoms with Gasteiger partial charge in [-0.05, 0) is 51.1 Å². The molecule has 1 saturated heterocycles. The molecule has 7 nitrogen and oxygen atoms in total. The molecule has 0 aliphatic carbocycles. The summed E-state index contributed by atoms with van der Waals surface area (Å²) in [4.78, 5) is 16.0. The van der Waals surface area contributed by atoms with E-state index in [0.29, 0.717) is 0 Å². The Kier molecular flexibility index (Phi) is 4.94. The predicted molar refractivity (Wildman–Crippen MR) is 105 cm³/mol. The van der Waals surface area contributed by atoms with Gasteiger partial charge >= 0.3 is 0 Å². The first-order chi connectivity index (χ1) is 13.4. The second-order valence-corrected chi connectivity index (χ2v) is 10.2. The number of hydrogen-bond donors (Lipinski definition) is 3. The molecule has 1 fully saturated rings. The average Bonchev–Trinajstić information content (AvgIpc) is 2.62. The summed E-state index contributed by atoms with van der Waals surface area (Å²) in [5.41, 5.74) is -1.24. The highest BCUT2D eigenvalue weighted by molar-refractivity contribution is 7.93. The monoisotopic (exact) mass is 422 g/mol. The largest absolute Gasteiger partial charge is 0.362 e. The van der Waals surface area contributed by atoms with Crippen molar-refractivity contribution in [1.29, 1.82) is 5.41 Å². The molecule has 1 aromatic carbocycles. The third-order valence-corrected chi connectivity index (χ3v) is 7.75. The summed E-state index contributed by atoms with van der Waals surface area (Å²) in [6.45, 7) is 4.32. The lowest BCUT2D eigenvalue weighted by atomic mass is 9.91. The van der Waals surface area contributed by atoms with Gasteiger partial charge in [0.15, 0.2) is 9.84 Å². The highest BCUT2D eigenvalue weighted by Gasteiger charge is 2.51. The highest BCUT2D eigenvalue weighted by Crippen LogP contribution is 2.36. The predicted octanol–water partition coefficient (Wildman–Crippen LogP) is 2.60. The number of nitrogens with one attached hydrogen (secondary N) is 3. The Morgan fingerprint density at radius 1 is 1.21 bits per heavy atom. The van der Waals surface area contributed by atoms with E-state index < -0.39 is 43.4 Å². The Morgan fingerprint density at radius 3 is 2.48 bits per heavy atom. The normalized spacial score (nSPS) is 22.6. The minimum absolute atomic E-state index is 0.00816. The molecule has 154 valence electrons. The fourth-order valence-corrected chi connectivity index (χ4v) is 4.77. The number of hydrogen-bond acceptors (Lipinski definition) is 5. The van der Waals surface area contributed by atoms with Gasteiger partial charge in [-0.1, -0.05) is 0 Å². The number of sulfone groups is 1. The van der Waals surface area contributed by atoms with E-state index in [9.17, 15) is 22.0 Å². The molecule has 0 unspecified atom stereocenters. The summed E-state index contributed by atoms with van der Waals surface area (Å²) < 4.78 is 51.5. The van der Waals surface area contributed by atoms with E-state index in [-0.39, 0.29) is 22.8 Å². The fraction of sp³-hybridized carbons (Fsp3) is 0.316. The quantitative estimate of drug-likeness (QED) is 0.704. The van der Waals surface area contributed by atoms with Gasteiger partial charge in [0.1, 0.15) is 27.9 Å². The Labute approximate surface area is 167 Å². The molecule has 29 heavy (non-hydrogen) atoms. The molecule has 0 spiro atoms. The number of carbonyl (C=O) groups is 1. The van der Waals surface area contributed by atoms with E-state index in [1.165, 1.54) is 39.0 Å². The second kappa shape index (κ2) is 6.87. The van der Waals surface area contributed by atoms with Crippen LogP contribution < -0.4 is 10.6 Å². The van der Waals surface area contributed by atoms with Crippen molar-refractivity contribution < 1.29 is 22.0 Å². The summed E-state index contributed by atoms with van der Waals surface area (Å²) in [6.07, 6.45) is 0.899. The van der Waals surface area contributed by atoms with Gasteiger partial charge in [0.25, 0.3) is 5.91 Å². The van der Waals surface area contributed by atoms with Crippen LogP contribution in [0, 0.1) is 17.0 Å². The molecule has 2 aromatic rings. The van der Waals surface area contributed by atoms with Gasteiger partial charge in [-0.25, -0.2) is 22.2 Å². The maximum absolute atomic E-state index is 14.6. The van der Waals surface area contributed by atoms with Crippen LogP contribution in [-0.4, -0.2) is 35.6 Å². The van der Waals surface area contributed by atoms with Crippen LogP contribution in [0.15, 0.2) is 36.5 Å². The summed E-state index contributed by atoms with van der Waals surface area (Å²) in [5.74, 6) is -2.57. The molecule has 1 aromatic heterocycles. The number of carbonyl (C=O) groups excluding carboxylic acids is 1. The smallest absolute Gasteiger partial charge is 0.274 e. The van der Waals surface area contributed by atoms with Crippen LogP contribution in [-0.2, 0) is 15.4 Å². The van der Waals surface area contributed by atoms with E-state index in [1.54, 1.807) is 0 Å². The first kappa shape index (κ1) is 20.8. The van der Waals surface area contributed by atoms with Crippen molar-refractivity contribution in [2.75, 3.05) is 11.1 Å². The summed E-state index contributed by atoms with van der Waals surface area (Å²) in [5, 5.41) is 13.4. The maximum Gasteiger partial charge on any atom is 0.274 e. The maximum atomic E-state index is 14.6. The number of benzene rings is 1. The van der Waals surface area contributed by atoms with Crippen LogP contribution in [0.2, 0.25) is 0 Å². The van der Waals surface area contributed by atoms with Crippen LogP contribution in [0.4, 0.5) is 14.5 Å². The Balaban J connectivity index is 1.94. The summed E-state index contributed by atoms with van der Waals surface area (Å²) >= 11 is 0. The first-order valence-corrected chi connectivity index (χ1v) is 10.3. The van der Waals surface area contributed by atoms with Crippen molar-refractivity contribution in [2.45, 2.75) is 31.1 Å². The number of aromatic nitrogens is 1. The van der Waals surface area contributed by atoms with Crippen LogP contribution in [0.5, 0.6) is 0 Å². The molecule has 10 heteroatoms. The summed E-state index contributed by atoms with van der Waals surface area (Å²) in [6, 6.07) is 6.02. The van der Waals surface area contributed by atoms with E-state index in [1.807, 2.05) is 0 Å². The van der Waals surface area contributed by atoms with Gasteiger partial charge in [0, 0.05) is 11.3 Å². The third-order valence-electron chi connectivity index (χ3n) is 5.04. The van der Waals surface area contributed by atoms with Crippen LogP contribution in [0.3, 0.4) is 0 Å². The Bertz CT molecular complexity index is 1100. The topological polar surface area (TPSA) is 112 Å². The molecular formula is C19H20F2N4O3S. The van der Waals surface area contributed by atoms with Gasteiger partial charge in [0.05, 0.1) is 17.5 Å². The standard InChI is InChI=1S/C19H20F2N4O3S/c1-18(2)17(22)25-19(3,10-29(18,27)28)13-8-12(5-6-14(13)21)24-16(26)15-7-4-11(20)9-23-15/h4-9H,10H2,1-3H3,(H2,22,25)(H,24,26)/t19-/m0/s1. The first-order valence-electron chi connectivity index (χ1n) is 8.68. The lowest BCUT2D eigenvalue weighted by Crippen LogP contribution is -2.64. The van der Waals surface area contributed by atoms with Gasteiger partial charge < -0.3 is 10.6 Å². The van der Waals surface area contributed by atoms with E-state index in [0.717, 1.165) is 18.3 Å². The van der Waals surface area contributed by atoms with E-state index in [2.05, 4.69) is 15.6 Å². The van der Waals surface area contributed by atoms with Gasteiger partial charge in [-0.2, -0.15) is 0 Å². The number of halogens is 2. The number of rotatable bonds is 3. The molecule has 0 radical (unpaired) electrons. The van der Waals surface area contributed by atoms with Crippen molar-refractivity contribution in [1.82, 2.24) is 10.3 Å². The number of pyridine rings is 1. The number of amidine groups is 1. The lowest BCUT2D eigenvalue weighted by molar-refractivity contribution is 0.102. The third kappa shape index (κ3) is 3.71. The minimum atomic E-state index is -3.75. The molecule has 1 aliphatic rings. The molecule has 1 atom stereocenters. The summed E-state index contributed by atoms with van der Waals surface area (Å²) in [7, 11) is -3.75. The number of nitrogens with zero attached hydrogens (tertiary/aromatic N) is 1. The van der Waals surface area contributed by atoms with Crippen molar-refractivity contribution in [3.8, 4) is 0 Å². The van der Waals surface area contributed by atoms with E-state index in [4.69, 9.17) is 5.41 Å². The molecule has 0 saturated carbocycles.